The zero-order valence-corrected chi connectivity index (χ0v) is 17.0. The molecule has 2 N–H and O–H groups in total. The molecule has 1 unspecified atom stereocenters. The van der Waals surface area contributed by atoms with Crippen molar-refractivity contribution in [3.05, 3.63) is 88.6 Å². The molecule has 0 fully saturated rings. The van der Waals surface area contributed by atoms with E-state index in [4.69, 9.17) is 10.5 Å². The Bertz CT molecular complexity index is 987. The van der Waals surface area contributed by atoms with Crippen molar-refractivity contribution >= 4 is 5.69 Å². The Morgan fingerprint density at radius 2 is 1.77 bits per heavy atom. The smallest absolute Gasteiger partial charge is 0.417 e. The molecule has 4 rings (SSSR count). The second kappa shape index (κ2) is 9.20. The third-order valence-electron chi connectivity index (χ3n) is 5.04. The molecular weight excluding hydrogens is 389 g/mol. The molecule has 0 saturated heterocycles. The third-order valence-corrected chi connectivity index (χ3v) is 5.04. The molecule has 1 heterocycles. The van der Waals surface area contributed by atoms with Gasteiger partial charge in [0.15, 0.2) is 0 Å². The number of hydrogen-bond acceptors (Lipinski definition) is 3. The molecule has 6 heteroatoms. The van der Waals surface area contributed by atoms with Gasteiger partial charge in [-0.2, -0.15) is 13.2 Å². The highest BCUT2D eigenvalue weighted by molar-refractivity contribution is 5.52. The van der Waals surface area contributed by atoms with Gasteiger partial charge < -0.3 is 10.5 Å². The highest BCUT2D eigenvalue weighted by Crippen LogP contribution is 2.43. The van der Waals surface area contributed by atoms with Crippen LogP contribution in [0.1, 0.15) is 54.0 Å². The predicted octanol–water partition coefficient (Wildman–Crippen LogP) is 6.37. The molecule has 1 aromatic heterocycles. The molecule has 1 atom stereocenters. The van der Waals surface area contributed by atoms with Gasteiger partial charge in [-0.3, -0.25) is 0 Å². The van der Waals surface area contributed by atoms with E-state index in [1.807, 2.05) is 56.3 Å². The van der Waals surface area contributed by atoms with Gasteiger partial charge in [-0.25, -0.2) is 4.98 Å². The highest BCUT2D eigenvalue weighted by atomic mass is 19.4. The number of aryl methyl sites for hydroxylation is 1. The summed E-state index contributed by atoms with van der Waals surface area (Å²) in [7, 11) is 0. The van der Waals surface area contributed by atoms with E-state index in [-0.39, 0.29) is 18.4 Å². The lowest BCUT2D eigenvalue weighted by atomic mass is 9.92. The molecular formula is C24H25F3N2O. The fourth-order valence-electron chi connectivity index (χ4n) is 3.68. The number of alkyl halides is 3. The van der Waals surface area contributed by atoms with Crippen LogP contribution >= 0.6 is 0 Å². The predicted molar refractivity (Wildman–Crippen MR) is 112 cm³/mol. The van der Waals surface area contributed by atoms with E-state index in [0.717, 1.165) is 29.3 Å². The molecule has 2 aromatic carbocycles. The van der Waals surface area contributed by atoms with Crippen LogP contribution in [0.2, 0.25) is 0 Å². The molecule has 3 aromatic rings. The van der Waals surface area contributed by atoms with Crippen molar-refractivity contribution in [3.8, 4) is 5.88 Å². The van der Waals surface area contributed by atoms with Crippen molar-refractivity contribution in [1.82, 2.24) is 4.98 Å². The summed E-state index contributed by atoms with van der Waals surface area (Å²) in [4.78, 5) is 4.03. The van der Waals surface area contributed by atoms with Crippen molar-refractivity contribution in [2.45, 2.75) is 45.4 Å². The molecule has 1 aliphatic rings. The average Bonchev–Trinajstić information content (AvgIpc) is 3.16. The van der Waals surface area contributed by atoms with E-state index in [2.05, 4.69) is 4.98 Å². The lowest BCUT2D eigenvalue weighted by Crippen LogP contribution is -2.10. The number of pyridine rings is 1. The molecule has 30 heavy (non-hydrogen) atoms. The van der Waals surface area contributed by atoms with E-state index in [1.54, 1.807) is 6.07 Å². The monoisotopic (exact) mass is 414 g/mol. The molecule has 1 aliphatic carbocycles. The van der Waals surface area contributed by atoms with Crippen LogP contribution in [0, 0.1) is 0 Å². The SMILES string of the molecule is CC.Nc1ccc2c(c1)CCC2c1cc(C(F)(F)F)cnc1OCc1ccccc1. The van der Waals surface area contributed by atoms with Gasteiger partial charge in [0.05, 0.1) is 5.56 Å². The number of nitrogen functional groups attached to an aromatic ring is 1. The zero-order valence-electron chi connectivity index (χ0n) is 17.0. The number of ether oxygens (including phenoxy) is 1. The molecule has 0 amide bonds. The molecule has 0 saturated carbocycles. The number of halogens is 3. The van der Waals surface area contributed by atoms with Crippen molar-refractivity contribution in [2.24, 2.45) is 0 Å². The van der Waals surface area contributed by atoms with Crippen molar-refractivity contribution < 1.29 is 17.9 Å². The molecule has 158 valence electrons. The first-order valence-electron chi connectivity index (χ1n) is 10.0. The number of anilines is 1. The summed E-state index contributed by atoms with van der Waals surface area (Å²) in [6.45, 7) is 4.24. The number of nitrogens with zero attached hydrogens (tertiary/aromatic N) is 1. The summed E-state index contributed by atoms with van der Waals surface area (Å²) in [6, 6.07) is 16.2. The lowest BCUT2D eigenvalue weighted by Gasteiger charge is -2.19. The Hall–Kier alpha value is -3.02. The van der Waals surface area contributed by atoms with Crippen LogP contribution in [0.3, 0.4) is 0 Å². The highest BCUT2D eigenvalue weighted by Gasteiger charge is 2.34. The van der Waals surface area contributed by atoms with Gasteiger partial charge in [-0.05, 0) is 47.7 Å². The van der Waals surface area contributed by atoms with E-state index in [0.29, 0.717) is 17.7 Å². The molecule has 0 bridgehead atoms. The van der Waals surface area contributed by atoms with Gasteiger partial charge >= 0.3 is 6.18 Å². The minimum atomic E-state index is -4.46. The van der Waals surface area contributed by atoms with Gasteiger partial charge in [0.1, 0.15) is 6.61 Å². The Labute approximate surface area is 174 Å². The largest absolute Gasteiger partial charge is 0.473 e. The normalized spacial score (nSPS) is 15.2. The van der Waals surface area contributed by atoms with E-state index in [1.165, 1.54) is 6.07 Å². The molecule has 0 spiro atoms. The topological polar surface area (TPSA) is 48.1 Å². The second-order valence-corrected chi connectivity index (χ2v) is 6.94. The first kappa shape index (κ1) is 21.7. The Morgan fingerprint density at radius 3 is 2.47 bits per heavy atom. The van der Waals surface area contributed by atoms with E-state index < -0.39 is 11.7 Å². The Balaban J connectivity index is 0.00000124. The maximum absolute atomic E-state index is 13.3. The van der Waals surface area contributed by atoms with Gasteiger partial charge in [0.2, 0.25) is 5.88 Å². The second-order valence-electron chi connectivity index (χ2n) is 6.94. The minimum absolute atomic E-state index is 0.198. The molecule has 3 nitrogen and oxygen atoms in total. The number of fused-ring (bicyclic) bond motifs is 1. The number of benzene rings is 2. The third kappa shape index (κ3) is 4.75. The quantitative estimate of drug-likeness (QED) is 0.505. The van der Waals surface area contributed by atoms with Crippen LogP contribution in [0.25, 0.3) is 0 Å². The lowest BCUT2D eigenvalue weighted by molar-refractivity contribution is -0.137. The van der Waals surface area contributed by atoms with Gasteiger partial charge in [0.25, 0.3) is 0 Å². The first-order chi connectivity index (χ1) is 14.4. The number of aromatic nitrogens is 1. The standard InChI is InChI=1S/C22H19F3N2O.C2H6/c23-22(24,25)16-11-20(19-8-6-15-10-17(26)7-9-18(15)19)21(27-12-16)28-13-14-4-2-1-3-5-14;1-2/h1-5,7,9-12,19H,6,8,13,26H2;1-2H3. The zero-order chi connectivity index (χ0) is 21.7. The number of nitrogens with two attached hydrogens (primary N) is 1. The van der Waals surface area contributed by atoms with Gasteiger partial charge in [-0.1, -0.05) is 50.2 Å². The van der Waals surface area contributed by atoms with Crippen molar-refractivity contribution in [2.75, 3.05) is 5.73 Å². The maximum Gasteiger partial charge on any atom is 0.417 e. The van der Waals surface area contributed by atoms with Crippen molar-refractivity contribution in [3.63, 3.8) is 0 Å². The Morgan fingerprint density at radius 1 is 1.03 bits per heavy atom. The average molecular weight is 414 g/mol. The van der Waals surface area contributed by atoms with Crippen LogP contribution < -0.4 is 10.5 Å². The molecule has 0 radical (unpaired) electrons. The summed E-state index contributed by atoms with van der Waals surface area (Å²) < 4.78 is 45.7. The van der Waals surface area contributed by atoms with Gasteiger partial charge in [0, 0.05) is 23.4 Å². The van der Waals surface area contributed by atoms with Crippen LogP contribution in [-0.2, 0) is 19.2 Å². The fourth-order valence-corrected chi connectivity index (χ4v) is 3.68. The molecule has 0 aliphatic heterocycles. The summed E-state index contributed by atoms with van der Waals surface area (Å²) >= 11 is 0. The Kier molecular flexibility index (Phi) is 6.65. The summed E-state index contributed by atoms with van der Waals surface area (Å²) in [6.07, 6.45) is -2.16. The maximum atomic E-state index is 13.3. The number of hydrogen-bond donors (Lipinski definition) is 1. The van der Waals surface area contributed by atoms with E-state index in [9.17, 15) is 13.2 Å². The fraction of sp³-hybridized carbons (Fsp3) is 0.292. The minimum Gasteiger partial charge on any atom is -0.473 e. The van der Waals surface area contributed by atoms with Crippen LogP contribution in [0.5, 0.6) is 5.88 Å². The van der Waals surface area contributed by atoms with E-state index >= 15 is 0 Å². The van der Waals surface area contributed by atoms with Crippen LogP contribution in [0.15, 0.2) is 60.8 Å². The summed E-state index contributed by atoms with van der Waals surface area (Å²) in [5.41, 5.74) is 9.19. The van der Waals surface area contributed by atoms with Crippen LogP contribution in [-0.4, -0.2) is 4.98 Å². The number of rotatable bonds is 4. The van der Waals surface area contributed by atoms with Gasteiger partial charge in [-0.15, -0.1) is 0 Å². The van der Waals surface area contributed by atoms with Crippen LogP contribution in [0.4, 0.5) is 18.9 Å². The van der Waals surface area contributed by atoms with Crippen molar-refractivity contribution in [1.29, 1.82) is 0 Å². The summed E-state index contributed by atoms with van der Waals surface area (Å²) in [5.74, 6) is 0.0442. The summed E-state index contributed by atoms with van der Waals surface area (Å²) in [5, 5.41) is 0. The first-order valence-corrected chi connectivity index (χ1v) is 10.0.